The largest absolute Gasteiger partial charge is 0.352 e. The third-order valence-corrected chi connectivity index (χ3v) is 9.00. The van der Waals surface area contributed by atoms with Crippen molar-refractivity contribution in [1.29, 1.82) is 5.26 Å². The van der Waals surface area contributed by atoms with Gasteiger partial charge in [-0.1, -0.05) is 29.8 Å². The van der Waals surface area contributed by atoms with Gasteiger partial charge in [0.2, 0.25) is 11.9 Å². The van der Waals surface area contributed by atoms with Crippen molar-refractivity contribution in [2.24, 2.45) is 29.6 Å². The number of carbonyl (C=O) groups excluding carboxylic acids is 1. The van der Waals surface area contributed by atoms with Crippen molar-refractivity contribution in [1.82, 2.24) is 30.3 Å². The van der Waals surface area contributed by atoms with Crippen molar-refractivity contribution in [3.05, 3.63) is 65.9 Å². The molecule has 5 atom stereocenters. The van der Waals surface area contributed by atoms with Crippen LogP contribution in [0.1, 0.15) is 49.7 Å². The summed E-state index contributed by atoms with van der Waals surface area (Å²) in [4.78, 5) is 22.1. The summed E-state index contributed by atoms with van der Waals surface area (Å²) in [6.07, 6.45) is 9.22. The predicted molar refractivity (Wildman–Crippen MR) is 146 cm³/mol. The number of fused-ring (bicyclic) bond motifs is 2. The van der Waals surface area contributed by atoms with E-state index in [1.54, 1.807) is 29.1 Å². The number of aromatic nitrogens is 5. The molecule has 4 aromatic rings. The Labute approximate surface area is 226 Å². The van der Waals surface area contributed by atoms with Crippen LogP contribution in [0.3, 0.4) is 0 Å². The number of benzene rings is 2. The molecule has 0 radical (unpaired) electrons. The van der Waals surface area contributed by atoms with E-state index in [1.165, 1.54) is 25.7 Å². The summed E-state index contributed by atoms with van der Waals surface area (Å²) in [5.74, 6) is 4.03. The van der Waals surface area contributed by atoms with Crippen molar-refractivity contribution in [2.75, 3.05) is 5.32 Å². The van der Waals surface area contributed by atoms with Gasteiger partial charge in [-0.2, -0.15) is 14.9 Å². The molecule has 1 amide bonds. The van der Waals surface area contributed by atoms with Crippen LogP contribution in [0, 0.1) is 40.9 Å². The first-order valence-electron chi connectivity index (χ1n) is 13.9. The van der Waals surface area contributed by atoms with Crippen LogP contribution >= 0.6 is 0 Å². The molecule has 4 aliphatic carbocycles. The standard InChI is InChI=1S/C30H30N8O/c31-15-19-3-1-5-24(11-19)34-30-33-17-27-28(35-30)38(37-36-27)25-6-2-4-20(12-25)16-32-29(39)23-13-21-9-18-7-8-26(21)22(10-18)14-23/h1-6,11-12,17-18,21-23,26H,7-10,13-14,16H2,(H,32,39)(H,33,34,35)/t18?,21-,22?,23?,26?/m0/s1. The smallest absolute Gasteiger partial charge is 0.229 e. The highest BCUT2D eigenvalue weighted by Gasteiger charge is 2.47. The van der Waals surface area contributed by atoms with E-state index in [0.717, 1.165) is 53.5 Å². The molecule has 2 heterocycles. The SMILES string of the molecule is N#Cc1cccc(Nc2ncc3nnn(-c4cccc(CNC(=O)C5CC6CC7CCC6[C@@H](C7)C5)c4)c3n2)c1. The second-order valence-electron chi connectivity index (χ2n) is 11.4. The fourth-order valence-electron chi connectivity index (χ4n) is 7.30. The highest BCUT2D eigenvalue weighted by molar-refractivity contribution is 5.79. The van der Waals surface area contributed by atoms with Crippen LogP contribution in [-0.4, -0.2) is 30.9 Å². The number of anilines is 2. The van der Waals surface area contributed by atoms with Gasteiger partial charge in [0.05, 0.1) is 23.5 Å². The molecule has 0 saturated heterocycles. The molecule has 4 fully saturated rings. The van der Waals surface area contributed by atoms with Gasteiger partial charge in [0, 0.05) is 18.2 Å². The maximum atomic E-state index is 13.1. The van der Waals surface area contributed by atoms with Crippen molar-refractivity contribution < 1.29 is 4.79 Å². The summed E-state index contributed by atoms with van der Waals surface area (Å²) in [5, 5.41) is 24.1. The molecule has 8 rings (SSSR count). The number of rotatable bonds is 6. The third kappa shape index (κ3) is 4.60. The normalized spacial score (nSPS) is 25.3. The van der Waals surface area contributed by atoms with E-state index in [2.05, 4.69) is 37.0 Å². The van der Waals surface area contributed by atoms with Crippen LogP contribution in [0.2, 0.25) is 0 Å². The van der Waals surface area contributed by atoms with Gasteiger partial charge in [-0.15, -0.1) is 5.10 Å². The number of nitrogens with one attached hydrogen (secondary N) is 2. The lowest BCUT2D eigenvalue weighted by molar-refractivity contribution is -0.131. The molecule has 0 aliphatic heterocycles. The predicted octanol–water partition coefficient (Wildman–Crippen LogP) is 4.90. The van der Waals surface area contributed by atoms with Crippen LogP contribution in [0.5, 0.6) is 0 Å². The van der Waals surface area contributed by atoms with Crippen LogP contribution in [0.15, 0.2) is 54.7 Å². The number of carbonyl (C=O) groups is 1. The van der Waals surface area contributed by atoms with E-state index in [9.17, 15) is 4.79 Å². The Morgan fingerprint density at radius 3 is 2.72 bits per heavy atom. The Kier molecular flexibility index (Phi) is 5.95. The van der Waals surface area contributed by atoms with E-state index in [-0.39, 0.29) is 11.8 Å². The molecule has 2 aromatic heterocycles. The van der Waals surface area contributed by atoms with Crippen LogP contribution < -0.4 is 10.6 Å². The molecule has 4 aliphatic rings. The van der Waals surface area contributed by atoms with E-state index >= 15 is 0 Å². The molecular formula is C30H30N8O. The monoisotopic (exact) mass is 518 g/mol. The zero-order valence-electron chi connectivity index (χ0n) is 21.6. The topological polar surface area (TPSA) is 121 Å². The zero-order valence-corrected chi connectivity index (χ0v) is 21.6. The second-order valence-corrected chi connectivity index (χ2v) is 11.4. The quantitative estimate of drug-likeness (QED) is 0.372. The fourth-order valence-corrected chi connectivity index (χ4v) is 7.30. The molecule has 39 heavy (non-hydrogen) atoms. The van der Waals surface area contributed by atoms with Gasteiger partial charge in [0.15, 0.2) is 11.2 Å². The number of nitrogens with zero attached hydrogens (tertiary/aromatic N) is 6. The summed E-state index contributed by atoms with van der Waals surface area (Å²) in [6.45, 7) is 0.480. The second kappa shape index (κ2) is 9.77. The summed E-state index contributed by atoms with van der Waals surface area (Å²) < 4.78 is 1.68. The van der Waals surface area contributed by atoms with Gasteiger partial charge < -0.3 is 10.6 Å². The molecule has 4 bridgehead atoms. The van der Waals surface area contributed by atoms with Crippen molar-refractivity contribution >= 4 is 28.7 Å². The highest BCUT2D eigenvalue weighted by atomic mass is 16.1. The summed E-state index contributed by atoms with van der Waals surface area (Å²) in [7, 11) is 0. The molecule has 2 N–H and O–H groups in total. The molecule has 196 valence electrons. The number of nitriles is 1. The van der Waals surface area contributed by atoms with Crippen LogP contribution in [-0.2, 0) is 11.3 Å². The average molecular weight is 519 g/mol. The van der Waals surface area contributed by atoms with Gasteiger partial charge in [-0.05, 0) is 91.7 Å². The average Bonchev–Trinajstić information content (AvgIpc) is 3.39. The highest BCUT2D eigenvalue weighted by Crippen LogP contribution is 2.55. The van der Waals surface area contributed by atoms with Crippen molar-refractivity contribution in [3.8, 4) is 11.8 Å². The minimum Gasteiger partial charge on any atom is -0.352 e. The molecule has 9 heteroatoms. The molecule has 9 nitrogen and oxygen atoms in total. The molecule has 4 unspecified atom stereocenters. The van der Waals surface area contributed by atoms with E-state index in [1.807, 2.05) is 30.3 Å². The number of amides is 1. The van der Waals surface area contributed by atoms with Gasteiger partial charge in [0.25, 0.3) is 0 Å². The lowest BCUT2D eigenvalue weighted by atomic mass is 9.53. The van der Waals surface area contributed by atoms with Crippen LogP contribution in [0.4, 0.5) is 11.6 Å². The summed E-state index contributed by atoms with van der Waals surface area (Å²) in [6, 6.07) is 17.2. The Morgan fingerprint density at radius 1 is 1.05 bits per heavy atom. The van der Waals surface area contributed by atoms with Gasteiger partial charge in [0.1, 0.15) is 0 Å². The Morgan fingerprint density at radius 2 is 1.90 bits per heavy atom. The fraction of sp³-hybridized carbons (Fsp3) is 0.400. The number of hydrogen-bond acceptors (Lipinski definition) is 7. The molecular weight excluding hydrogens is 488 g/mol. The Balaban J connectivity index is 1.05. The first kappa shape index (κ1) is 23.8. The Bertz CT molecular complexity index is 1570. The summed E-state index contributed by atoms with van der Waals surface area (Å²) >= 11 is 0. The third-order valence-electron chi connectivity index (χ3n) is 9.00. The van der Waals surface area contributed by atoms with E-state index in [4.69, 9.17) is 5.26 Å². The lowest BCUT2D eigenvalue weighted by Crippen LogP contribution is -2.46. The maximum Gasteiger partial charge on any atom is 0.229 e. The molecule has 4 saturated carbocycles. The maximum absolute atomic E-state index is 13.1. The van der Waals surface area contributed by atoms with E-state index < -0.39 is 0 Å². The number of hydrogen-bond donors (Lipinski definition) is 2. The van der Waals surface area contributed by atoms with Crippen molar-refractivity contribution in [3.63, 3.8) is 0 Å². The first-order valence-corrected chi connectivity index (χ1v) is 13.9. The van der Waals surface area contributed by atoms with Gasteiger partial charge in [-0.25, -0.2) is 4.98 Å². The minimum absolute atomic E-state index is 0.147. The Hall–Kier alpha value is -4.32. The van der Waals surface area contributed by atoms with E-state index in [0.29, 0.717) is 29.2 Å². The first-order chi connectivity index (χ1) is 19.1. The van der Waals surface area contributed by atoms with Gasteiger partial charge >= 0.3 is 0 Å². The van der Waals surface area contributed by atoms with Crippen LogP contribution in [0.25, 0.3) is 16.9 Å². The summed E-state index contributed by atoms with van der Waals surface area (Å²) in [5.41, 5.74) is 4.22. The van der Waals surface area contributed by atoms with Gasteiger partial charge in [-0.3, -0.25) is 4.79 Å². The molecule has 0 spiro atoms. The lowest BCUT2D eigenvalue weighted by Gasteiger charge is -2.52. The van der Waals surface area contributed by atoms with Crippen molar-refractivity contribution in [2.45, 2.75) is 45.1 Å². The zero-order chi connectivity index (χ0) is 26.3. The minimum atomic E-state index is 0.147. The molecule has 2 aromatic carbocycles.